The van der Waals surface area contributed by atoms with Gasteiger partial charge >= 0.3 is 12.1 Å². The normalized spacial score (nSPS) is 10.5. The lowest BCUT2D eigenvalue weighted by Crippen LogP contribution is -2.35. The maximum Gasteiger partial charge on any atom is 0.419 e. The van der Waals surface area contributed by atoms with Crippen LogP contribution in [0.3, 0.4) is 0 Å². The Hall–Kier alpha value is -4.37. The van der Waals surface area contributed by atoms with Crippen LogP contribution in [0.1, 0.15) is 28.9 Å². The number of halogens is 1. The zero-order valence-electron chi connectivity index (χ0n) is 20.3. The first-order valence-electron chi connectivity index (χ1n) is 11.5. The third kappa shape index (κ3) is 6.65. The Labute approximate surface area is 220 Å². The summed E-state index contributed by atoms with van der Waals surface area (Å²) in [5, 5.41) is 16.6. The summed E-state index contributed by atoms with van der Waals surface area (Å²) >= 11 is 0. The molecule has 4 N–H and O–H groups in total. The van der Waals surface area contributed by atoms with Crippen molar-refractivity contribution in [3.63, 3.8) is 0 Å². The Morgan fingerprint density at radius 2 is 1.78 bits per heavy atom. The molecule has 0 radical (unpaired) electrons. The van der Waals surface area contributed by atoms with Crippen LogP contribution >= 0.6 is 12.4 Å². The van der Waals surface area contributed by atoms with Crippen LogP contribution in [0.4, 0.5) is 10.5 Å². The third-order valence-electron chi connectivity index (χ3n) is 5.89. The Morgan fingerprint density at radius 3 is 2.43 bits per heavy atom. The maximum absolute atomic E-state index is 12.9. The summed E-state index contributed by atoms with van der Waals surface area (Å²) in [5.74, 6) is -0.636. The fraction of sp³-hybridized carbons (Fsp3) is 0.185. The minimum absolute atomic E-state index is 0. The van der Waals surface area contributed by atoms with Gasteiger partial charge in [0.15, 0.2) is 0 Å². The van der Waals surface area contributed by atoms with E-state index in [0.717, 1.165) is 29.8 Å². The van der Waals surface area contributed by atoms with Gasteiger partial charge in [-0.1, -0.05) is 42.5 Å². The topological polar surface area (TPSA) is 134 Å². The van der Waals surface area contributed by atoms with Gasteiger partial charge in [-0.2, -0.15) is 0 Å². The number of nitrogens with two attached hydrogens (primary N) is 1. The minimum Gasteiger partial charge on any atom is -0.481 e. The van der Waals surface area contributed by atoms with Gasteiger partial charge in [0.1, 0.15) is 17.2 Å². The number of anilines is 1. The van der Waals surface area contributed by atoms with E-state index in [9.17, 15) is 9.59 Å². The molecule has 10 heteroatoms. The quantitative estimate of drug-likeness (QED) is 0.217. The van der Waals surface area contributed by atoms with Gasteiger partial charge in [-0.3, -0.25) is 15.1 Å². The van der Waals surface area contributed by atoms with E-state index in [0.29, 0.717) is 22.6 Å². The summed E-state index contributed by atoms with van der Waals surface area (Å²) in [6.07, 6.45) is 2.43. The molecule has 2 heterocycles. The predicted octanol–water partition coefficient (Wildman–Crippen LogP) is 4.61. The number of amides is 1. The molecule has 0 spiro atoms. The van der Waals surface area contributed by atoms with Gasteiger partial charge in [-0.05, 0) is 43.5 Å². The number of aryl methyl sites for hydroxylation is 3. The lowest BCUT2D eigenvalue weighted by atomic mass is 10.1. The van der Waals surface area contributed by atoms with Crippen LogP contribution in [0.5, 0.6) is 5.75 Å². The van der Waals surface area contributed by atoms with Crippen LogP contribution in [-0.2, 0) is 17.6 Å². The Bertz CT molecular complexity index is 1400. The van der Waals surface area contributed by atoms with E-state index < -0.39 is 12.1 Å². The molecule has 0 atom stereocenters. The number of carboxylic acids is 1. The first kappa shape index (κ1) is 27.2. The number of nitrogen functional groups attached to an aromatic ring is 1. The first-order valence-corrected chi connectivity index (χ1v) is 11.5. The Balaban J connectivity index is 0.00000380. The first-order chi connectivity index (χ1) is 17.3. The second-order valence-corrected chi connectivity index (χ2v) is 8.34. The molecular weight excluding hydrogens is 494 g/mol. The molecule has 37 heavy (non-hydrogen) atoms. The van der Waals surface area contributed by atoms with E-state index in [1.165, 1.54) is 4.90 Å². The number of carbonyl (C=O) groups excluding carboxylic acids is 1. The zero-order chi connectivity index (χ0) is 25.7. The number of fused-ring (bicyclic) bond motifs is 1. The molecule has 192 valence electrons. The van der Waals surface area contributed by atoms with E-state index in [1.54, 1.807) is 42.6 Å². The number of pyridine rings is 1. The molecule has 0 aliphatic rings. The number of aliphatic carboxylic acids is 1. The van der Waals surface area contributed by atoms with E-state index >= 15 is 0 Å². The van der Waals surface area contributed by atoms with Crippen molar-refractivity contribution >= 4 is 41.6 Å². The molecule has 0 fully saturated rings. The van der Waals surface area contributed by atoms with E-state index in [-0.39, 0.29) is 31.2 Å². The highest BCUT2D eigenvalue weighted by molar-refractivity contribution is 5.94. The van der Waals surface area contributed by atoms with Crippen LogP contribution in [0.2, 0.25) is 0 Å². The van der Waals surface area contributed by atoms with Crippen LogP contribution in [-0.4, -0.2) is 38.9 Å². The predicted molar refractivity (Wildman–Crippen MR) is 144 cm³/mol. The highest BCUT2D eigenvalue weighted by atomic mass is 35.5. The summed E-state index contributed by atoms with van der Waals surface area (Å²) in [6, 6.07) is 19.8. The van der Waals surface area contributed by atoms with Crippen molar-refractivity contribution in [2.45, 2.75) is 26.2 Å². The molecule has 0 bridgehead atoms. The van der Waals surface area contributed by atoms with Crippen molar-refractivity contribution < 1.29 is 19.4 Å². The van der Waals surface area contributed by atoms with Crippen molar-refractivity contribution in [1.82, 2.24) is 9.38 Å². The second kappa shape index (κ2) is 12.0. The average molecular weight is 522 g/mol. The lowest BCUT2D eigenvalue weighted by molar-refractivity contribution is -0.136. The highest BCUT2D eigenvalue weighted by Crippen LogP contribution is 2.22. The fourth-order valence-corrected chi connectivity index (χ4v) is 3.91. The molecular formula is C27H28ClN5O4. The number of hydrogen-bond acceptors (Lipinski definition) is 5. The summed E-state index contributed by atoms with van der Waals surface area (Å²) in [6.45, 7) is 1.98. The van der Waals surface area contributed by atoms with Gasteiger partial charge in [0.2, 0.25) is 0 Å². The summed E-state index contributed by atoms with van der Waals surface area (Å²) in [4.78, 5) is 30.0. The minimum atomic E-state index is -1.000. The van der Waals surface area contributed by atoms with Gasteiger partial charge in [-0.25, -0.2) is 9.78 Å². The van der Waals surface area contributed by atoms with E-state index in [2.05, 4.69) is 0 Å². The second-order valence-electron chi connectivity index (χ2n) is 8.34. The van der Waals surface area contributed by atoms with Crippen molar-refractivity contribution in [3.05, 3.63) is 95.4 Å². The van der Waals surface area contributed by atoms with Gasteiger partial charge in [0.25, 0.3) is 0 Å². The van der Waals surface area contributed by atoms with E-state index in [1.807, 2.05) is 41.7 Å². The van der Waals surface area contributed by atoms with Crippen molar-refractivity contribution in [3.8, 4) is 5.75 Å². The van der Waals surface area contributed by atoms with Gasteiger partial charge in [0.05, 0.1) is 12.1 Å². The molecule has 2 aromatic heterocycles. The molecule has 0 aliphatic carbocycles. The summed E-state index contributed by atoms with van der Waals surface area (Å²) in [5.41, 5.74) is 10.5. The van der Waals surface area contributed by atoms with Crippen LogP contribution in [0.15, 0.2) is 72.9 Å². The standard InChI is InChI=1S/C27H27N5O4.ClH/c1-18-23(12-9-19-7-10-20(11-8-19)26(28)29)30-24-17-22(13-15-31(18)24)36-27(35)32(16-14-25(33)34)21-5-3-2-4-6-21;/h2-8,10-11,13,15,17H,9,12,14,16H2,1H3,(H3,28,29)(H,33,34);1H. The molecule has 0 aliphatic heterocycles. The smallest absolute Gasteiger partial charge is 0.419 e. The molecule has 0 saturated carbocycles. The molecule has 1 amide bonds. The molecule has 9 nitrogen and oxygen atoms in total. The van der Waals surface area contributed by atoms with Crippen molar-refractivity contribution in [1.29, 1.82) is 5.41 Å². The molecule has 0 unspecified atom stereocenters. The Morgan fingerprint density at radius 1 is 1.08 bits per heavy atom. The number of imidazole rings is 1. The largest absolute Gasteiger partial charge is 0.481 e. The summed E-state index contributed by atoms with van der Waals surface area (Å²) in [7, 11) is 0. The maximum atomic E-state index is 12.9. The number of carbonyl (C=O) groups is 2. The summed E-state index contributed by atoms with van der Waals surface area (Å²) < 4.78 is 7.53. The van der Waals surface area contributed by atoms with Crippen LogP contribution in [0, 0.1) is 12.3 Å². The third-order valence-corrected chi connectivity index (χ3v) is 5.89. The van der Waals surface area contributed by atoms with Gasteiger partial charge in [-0.15, -0.1) is 12.4 Å². The number of rotatable bonds is 9. The lowest BCUT2D eigenvalue weighted by Gasteiger charge is -2.21. The van der Waals surface area contributed by atoms with Gasteiger partial charge in [0, 0.05) is 35.8 Å². The number of amidine groups is 1. The number of carboxylic acid groups (broad SMARTS) is 1. The number of hydrogen-bond donors (Lipinski definition) is 3. The molecule has 0 saturated heterocycles. The monoisotopic (exact) mass is 521 g/mol. The number of nitrogens with one attached hydrogen (secondary N) is 1. The SMILES string of the molecule is Cc1c(CCc2ccc(C(=N)N)cc2)nc2cc(OC(=O)N(CCC(=O)O)c3ccccc3)ccn12.Cl. The van der Waals surface area contributed by atoms with Crippen molar-refractivity contribution in [2.24, 2.45) is 5.73 Å². The Kier molecular flexibility index (Phi) is 8.86. The van der Waals surface area contributed by atoms with Crippen molar-refractivity contribution in [2.75, 3.05) is 11.4 Å². The number of aromatic nitrogens is 2. The molecule has 2 aromatic carbocycles. The number of benzene rings is 2. The number of ether oxygens (including phenoxy) is 1. The van der Waals surface area contributed by atoms with E-state index in [4.69, 9.17) is 26.0 Å². The molecule has 4 aromatic rings. The fourth-order valence-electron chi connectivity index (χ4n) is 3.91. The van der Waals surface area contributed by atoms with Gasteiger partial charge < -0.3 is 20.0 Å². The highest BCUT2D eigenvalue weighted by Gasteiger charge is 2.20. The average Bonchev–Trinajstić information content (AvgIpc) is 3.18. The molecule has 4 rings (SSSR count). The number of para-hydroxylation sites is 1. The number of nitrogens with zero attached hydrogens (tertiary/aromatic N) is 3. The van der Waals surface area contributed by atoms with Crippen LogP contribution in [0.25, 0.3) is 5.65 Å². The van der Waals surface area contributed by atoms with Crippen LogP contribution < -0.4 is 15.4 Å². The zero-order valence-corrected chi connectivity index (χ0v) is 21.1.